The molecule has 78 valence electrons. The Kier molecular flexibility index (Phi) is 3.71. The summed E-state index contributed by atoms with van der Waals surface area (Å²) >= 11 is 0. The molecule has 0 aromatic rings. The lowest BCUT2D eigenvalue weighted by atomic mass is 10.0. The molecule has 0 unspecified atom stereocenters. The lowest BCUT2D eigenvalue weighted by Gasteiger charge is -2.38. The molecule has 3 nitrogen and oxygen atoms in total. The third kappa shape index (κ3) is 3.25. The van der Waals surface area contributed by atoms with Gasteiger partial charge in [-0.3, -0.25) is 0 Å². The van der Waals surface area contributed by atoms with Crippen LogP contribution in [0.4, 0.5) is 0 Å². The Morgan fingerprint density at radius 2 is 1.92 bits per heavy atom. The quantitative estimate of drug-likeness (QED) is 0.727. The van der Waals surface area contributed by atoms with E-state index in [2.05, 4.69) is 13.8 Å². The van der Waals surface area contributed by atoms with Crippen LogP contribution in [0.2, 0.25) is 0 Å². The molecule has 0 amide bonds. The maximum Gasteiger partial charge on any atom is 0.165 e. The van der Waals surface area contributed by atoms with Crippen LogP contribution in [-0.2, 0) is 9.47 Å². The van der Waals surface area contributed by atoms with Crippen LogP contribution < -0.4 is 0 Å². The summed E-state index contributed by atoms with van der Waals surface area (Å²) in [6.07, 6.45) is 0.908. The van der Waals surface area contributed by atoms with Crippen LogP contribution in [0.25, 0.3) is 0 Å². The van der Waals surface area contributed by atoms with Crippen LogP contribution in [0.5, 0.6) is 0 Å². The summed E-state index contributed by atoms with van der Waals surface area (Å²) in [5.41, 5.74) is 0. The van der Waals surface area contributed by atoms with E-state index in [4.69, 9.17) is 14.6 Å². The van der Waals surface area contributed by atoms with Crippen molar-refractivity contribution in [3.05, 3.63) is 0 Å². The first-order valence-corrected chi connectivity index (χ1v) is 4.94. The number of hydrogen-bond donors (Lipinski definition) is 1. The van der Waals surface area contributed by atoms with E-state index in [1.165, 1.54) is 0 Å². The molecule has 0 aromatic heterocycles. The summed E-state index contributed by atoms with van der Waals surface area (Å²) in [5.74, 6) is 0.288. The van der Waals surface area contributed by atoms with E-state index in [-0.39, 0.29) is 12.5 Å². The zero-order chi connectivity index (χ0) is 9.90. The lowest BCUT2D eigenvalue weighted by Crippen LogP contribution is -2.43. The van der Waals surface area contributed by atoms with Gasteiger partial charge >= 0.3 is 0 Å². The highest BCUT2D eigenvalue weighted by atomic mass is 16.7. The lowest BCUT2D eigenvalue weighted by molar-refractivity contribution is -0.281. The summed E-state index contributed by atoms with van der Waals surface area (Å²) in [5, 5.41) is 8.88. The molecule has 1 heterocycles. The van der Waals surface area contributed by atoms with Gasteiger partial charge in [-0.15, -0.1) is 0 Å². The van der Waals surface area contributed by atoms with E-state index < -0.39 is 5.79 Å². The van der Waals surface area contributed by atoms with E-state index >= 15 is 0 Å². The number of aliphatic hydroxyl groups is 1. The van der Waals surface area contributed by atoms with Crippen molar-refractivity contribution in [2.75, 3.05) is 19.8 Å². The fourth-order valence-corrected chi connectivity index (χ4v) is 1.64. The van der Waals surface area contributed by atoms with Crippen molar-refractivity contribution < 1.29 is 14.6 Å². The second-order valence-corrected chi connectivity index (χ2v) is 4.40. The van der Waals surface area contributed by atoms with Crippen molar-refractivity contribution in [3.8, 4) is 0 Å². The summed E-state index contributed by atoms with van der Waals surface area (Å²) in [6.45, 7) is 7.64. The minimum Gasteiger partial charge on any atom is -0.396 e. The van der Waals surface area contributed by atoms with E-state index in [1.54, 1.807) is 0 Å². The van der Waals surface area contributed by atoms with Crippen LogP contribution >= 0.6 is 0 Å². The molecule has 3 heteroatoms. The van der Waals surface area contributed by atoms with Gasteiger partial charge in [-0.1, -0.05) is 13.8 Å². The first-order chi connectivity index (χ1) is 6.06. The van der Waals surface area contributed by atoms with Crippen LogP contribution in [0.15, 0.2) is 0 Å². The van der Waals surface area contributed by atoms with Gasteiger partial charge in [0.05, 0.1) is 19.8 Å². The van der Waals surface area contributed by atoms with Gasteiger partial charge in [0.25, 0.3) is 0 Å². The van der Waals surface area contributed by atoms with Crippen LogP contribution in [0, 0.1) is 11.8 Å². The molecule has 0 saturated carbocycles. The number of hydrogen-bond acceptors (Lipinski definition) is 3. The summed E-state index contributed by atoms with van der Waals surface area (Å²) in [6, 6.07) is 0. The molecule has 1 N–H and O–H groups in total. The smallest absolute Gasteiger partial charge is 0.165 e. The second-order valence-electron chi connectivity index (χ2n) is 4.40. The highest BCUT2D eigenvalue weighted by Gasteiger charge is 2.33. The van der Waals surface area contributed by atoms with Gasteiger partial charge in [0.2, 0.25) is 0 Å². The Hall–Kier alpha value is -0.120. The van der Waals surface area contributed by atoms with Crippen molar-refractivity contribution in [1.29, 1.82) is 0 Å². The van der Waals surface area contributed by atoms with Gasteiger partial charge in [0.15, 0.2) is 5.79 Å². The van der Waals surface area contributed by atoms with Crippen LogP contribution in [0.3, 0.4) is 0 Å². The van der Waals surface area contributed by atoms with Gasteiger partial charge in [-0.2, -0.15) is 0 Å². The monoisotopic (exact) mass is 188 g/mol. The fourth-order valence-electron chi connectivity index (χ4n) is 1.64. The topological polar surface area (TPSA) is 38.7 Å². The molecule has 0 radical (unpaired) electrons. The third-order valence-corrected chi connectivity index (χ3v) is 2.29. The molecule has 0 atom stereocenters. The van der Waals surface area contributed by atoms with Crippen molar-refractivity contribution in [1.82, 2.24) is 0 Å². The van der Waals surface area contributed by atoms with Crippen LogP contribution in [0.1, 0.15) is 27.2 Å². The third-order valence-electron chi connectivity index (χ3n) is 2.29. The number of rotatable bonds is 3. The first-order valence-electron chi connectivity index (χ1n) is 4.94. The minimum absolute atomic E-state index is 0.151. The summed E-state index contributed by atoms with van der Waals surface area (Å²) < 4.78 is 11.2. The molecule has 0 aliphatic carbocycles. The van der Waals surface area contributed by atoms with Gasteiger partial charge in [0.1, 0.15) is 0 Å². The van der Waals surface area contributed by atoms with Gasteiger partial charge in [0, 0.05) is 12.3 Å². The highest BCUT2D eigenvalue weighted by Crippen LogP contribution is 2.27. The van der Waals surface area contributed by atoms with E-state index in [9.17, 15) is 0 Å². The Morgan fingerprint density at radius 1 is 1.38 bits per heavy atom. The molecule has 1 aliphatic rings. The maximum absolute atomic E-state index is 8.88. The Morgan fingerprint density at radius 3 is 2.31 bits per heavy atom. The largest absolute Gasteiger partial charge is 0.396 e. The molecular weight excluding hydrogens is 168 g/mol. The molecule has 1 fully saturated rings. The molecule has 0 bridgehead atoms. The van der Waals surface area contributed by atoms with Crippen molar-refractivity contribution >= 4 is 0 Å². The van der Waals surface area contributed by atoms with Gasteiger partial charge < -0.3 is 14.6 Å². The Labute approximate surface area is 80.0 Å². The van der Waals surface area contributed by atoms with E-state index in [0.29, 0.717) is 19.1 Å². The molecule has 0 spiro atoms. The normalized spacial score (nSPS) is 35.3. The Balaban J connectivity index is 2.37. The van der Waals surface area contributed by atoms with Crippen molar-refractivity contribution in [2.45, 2.75) is 33.0 Å². The molecular formula is C10H20O3. The van der Waals surface area contributed by atoms with Crippen molar-refractivity contribution in [3.63, 3.8) is 0 Å². The number of ether oxygens (including phenoxy) is 2. The van der Waals surface area contributed by atoms with E-state index in [1.807, 2.05) is 6.92 Å². The zero-order valence-electron chi connectivity index (χ0n) is 8.75. The SMILES string of the molecule is CC(C)CC1(C)OCC(CO)CO1. The summed E-state index contributed by atoms with van der Waals surface area (Å²) in [4.78, 5) is 0. The van der Waals surface area contributed by atoms with E-state index in [0.717, 1.165) is 6.42 Å². The second kappa shape index (κ2) is 4.40. The van der Waals surface area contributed by atoms with Gasteiger partial charge in [-0.25, -0.2) is 0 Å². The zero-order valence-corrected chi connectivity index (χ0v) is 8.75. The van der Waals surface area contributed by atoms with Gasteiger partial charge in [-0.05, 0) is 12.8 Å². The Bertz CT molecular complexity index is 148. The first kappa shape index (κ1) is 11.0. The minimum atomic E-state index is -0.431. The fraction of sp³-hybridized carbons (Fsp3) is 1.00. The predicted molar refractivity (Wildman–Crippen MR) is 50.3 cm³/mol. The average Bonchev–Trinajstić information content (AvgIpc) is 2.04. The highest BCUT2D eigenvalue weighted by molar-refractivity contribution is 4.72. The molecule has 1 saturated heterocycles. The summed E-state index contributed by atoms with van der Waals surface area (Å²) in [7, 11) is 0. The maximum atomic E-state index is 8.88. The average molecular weight is 188 g/mol. The molecule has 1 aliphatic heterocycles. The molecule has 0 aromatic carbocycles. The number of aliphatic hydroxyl groups excluding tert-OH is 1. The molecule has 13 heavy (non-hydrogen) atoms. The van der Waals surface area contributed by atoms with Crippen LogP contribution in [-0.4, -0.2) is 30.7 Å². The predicted octanol–water partition coefficient (Wildman–Crippen LogP) is 1.40. The standard InChI is InChI=1S/C10H20O3/c1-8(2)4-10(3)12-6-9(5-11)7-13-10/h8-9,11H,4-7H2,1-3H3. The van der Waals surface area contributed by atoms with Crippen molar-refractivity contribution in [2.24, 2.45) is 11.8 Å². The molecule has 1 rings (SSSR count).